The Balaban J connectivity index is 2.34. The Bertz CT molecular complexity index is 919. The van der Waals surface area contributed by atoms with Gasteiger partial charge in [0.05, 0.1) is 18.3 Å². The van der Waals surface area contributed by atoms with Crippen LogP contribution < -0.4 is 5.32 Å². The van der Waals surface area contributed by atoms with Crippen LogP contribution in [0.3, 0.4) is 0 Å². The van der Waals surface area contributed by atoms with E-state index in [9.17, 15) is 18.0 Å². The van der Waals surface area contributed by atoms with E-state index in [-0.39, 0.29) is 12.2 Å². The van der Waals surface area contributed by atoms with Crippen molar-refractivity contribution in [3.05, 3.63) is 48.0 Å². The van der Waals surface area contributed by atoms with Gasteiger partial charge in [0.25, 0.3) is 0 Å². The van der Waals surface area contributed by atoms with E-state index in [1.165, 1.54) is 6.92 Å². The topological polar surface area (TPSA) is 121 Å². The average Bonchev–Trinajstić information content (AvgIpc) is 2.65. The van der Waals surface area contributed by atoms with Crippen LogP contribution in [0.25, 0.3) is 10.8 Å². The number of carboxylic acid groups (broad SMARTS) is 1. The van der Waals surface area contributed by atoms with Gasteiger partial charge < -0.3 is 15.5 Å². The number of aliphatic hydroxyl groups is 1. The molecular weight excluding hydrogens is 370 g/mol. The number of hydrogen-bond acceptors (Lipinski definition) is 5. The van der Waals surface area contributed by atoms with Gasteiger partial charge in [-0.25, -0.2) is 13.2 Å². The molecule has 0 aliphatic rings. The van der Waals surface area contributed by atoms with Crippen LogP contribution in [0.1, 0.15) is 12.5 Å². The molecule has 1 amide bonds. The first kappa shape index (κ1) is 20.9. The normalized spacial score (nSPS) is 13.9. The molecule has 0 bridgehead atoms. The molecule has 0 radical (unpaired) electrons. The Morgan fingerprint density at radius 2 is 1.78 bits per heavy atom. The molecule has 2 aromatic rings. The van der Waals surface area contributed by atoms with Crippen molar-refractivity contribution >= 4 is 32.5 Å². The summed E-state index contributed by atoms with van der Waals surface area (Å²) in [5.74, 6) is -3.56. The van der Waals surface area contributed by atoms with Crippen LogP contribution in [0.15, 0.2) is 42.5 Å². The first-order valence-electron chi connectivity index (χ1n) is 8.58. The summed E-state index contributed by atoms with van der Waals surface area (Å²) in [6.45, 7) is 0.721. The number of fused-ring (bicyclic) bond motifs is 1. The van der Waals surface area contributed by atoms with Gasteiger partial charge in [-0.2, -0.15) is 0 Å². The molecule has 0 aliphatic carbocycles. The van der Waals surface area contributed by atoms with Crippen molar-refractivity contribution in [1.82, 2.24) is 5.32 Å². The molecule has 27 heavy (non-hydrogen) atoms. The smallest absolute Gasteiger partial charge is 0.328 e. The maximum absolute atomic E-state index is 12.6. The second-order valence-electron chi connectivity index (χ2n) is 6.32. The number of aliphatic hydroxyl groups excluding tert-OH is 1. The van der Waals surface area contributed by atoms with Crippen molar-refractivity contribution in [1.29, 1.82) is 0 Å². The van der Waals surface area contributed by atoms with Crippen LogP contribution in [0, 0.1) is 5.92 Å². The maximum atomic E-state index is 12.6. The molecular formula is C19H23NO6S. The van der Waals surface area contributed by atoms with E-state index in [0.29, 0.717) is 0 Å². The summed E-state index contributed by atoms with van der Waals surface area (Å²) < 4.78 is 24.2. The number of aliphatic carboxylic acids is 1. The van der Waals surface area contributed by atoms with Crippen LogP contribution in [0.5, 0.6) is 0 Å². The van der Waals surface area contributed by atoms with Crippen molar-refractivity contribution in [3.63, 3.8) is 0 Å². The minimum absolute atomic E-state index is 0.116. The summed E-state index contributed by atoms with van der Waals surface area (Å²) in [4.78, 5) is 23.7. The molecule has 0 heterocycles. The number of carboxylic acids is 1. The second-order valence-corrected chi connectivity index (χ2v) is 8.72. The number of rotatable bonds is 9. The van der Waals surface area contributed by atoms with E-state index < -0.39 is 46.0 Å². The van der Waals surface area contributed by atoms with Crippen LogP contribution in [0.2, 0.25) is 0 Å². The van der Waals surface area contributed by atoms with Crippen LogP contribution in [-0.4, -0.2) is 54.7 Å². The summed E-state index contributed by atoms with van der Waals surface area (Å²) in [5, 5.41) is 22.2. The summed E-state index contributed by atoms with van der Waals surface area (Å²) in [7, 11) is -3.47. The molecule has 0 saturated carbocycles. The molecule has 146 valence electrons. The SMILES string of the molecule is CCS(=O)(=O)C[C@@H](Cc1cccc2ccccc12)C(=O)N[C@@H](CO)C(=O)O. The summed E-state index contributed by atoms with van der Waals surface area (Å²) in [6, 6.07) is 11.6. The van der Waals surface area contributed by atoms with Crippen molar-refractivity contribution in [3.8, 4) is 0 Å². The molecule has 0 aliphatic heterocycles. The fourth-order valence-electron chi connectivity index (χ4n) is 2.86. The zero-order valence-electron chi connectivity index (χ0n) is 15.0. The minimum Gasteiger partial charge on any atom is -0.480 e. The Hall–Kier alpha value is -2.45. The van der Waals surface area contributed by atoms with E-state index in [1.54, 1.807) is 0 Å². The first-order chi connectivity index (χ1) is 12.8. The third-order valence-electron chi connectivity index (χ3n) is 4.41. The standard InChI is InChI=1S/C19H23NO6S/c1-2-27(25,26)12-15(18(22)20-17(11-21)19(23)24)10-14-8-5-7-13-6-3-4-9-16(13)14/h3-9,15,17,21H,2,10-12H2,1H3,(H,20,22)(H,23,24)/t15-,17+/m1/s1. The minimum atomic E-state index is -3.47. The van der Waals surface area contributed by atoms with Crippen molar-refractivity contribution < 1.29 is 28.2 Å². The highest BCUT2D eigenvalue weighted by Crippen LogP contribution is 2.22. The molecule has 2 aromatic carbocycles. The Morgan fingerprint density at radius 1 is 1.11 bits per heavy atom. The number of nitrogens with one attached hydrogen (secondary N) is 1. The third kappa shape index (κ3) is 5.51. The van der Waals surface area contributed by atoms with Gasteiger partial charge in [-0.05, 0) is 22.8 Å². The van der Waals surface area contributed by atoms with Gasteiger partial charge in [0, 0.05) is 5.75 Å². The van der Waals surface area contributed by atoms with Gasteiger partial charge in [-0.3, -0.25) is 4.79 Å². The van der Waals surface area contributed by atoms with Crippen LogP contribution in [-0.2, 0) is 25.8 Å². The van der Waals surface area contributed by atoms with Crippen LogP contribution in [0.4, 0.5) is 0 Å². The van der Waals surface area contributed by atoms with E-state index in [1.807, 2.05) is 42.5 Å². The number of hydrogen-bond donors (Lipinski definition) is 3. The van der Waals surface area contributed by atoms with Gasteiger partial charge in [0.15, 0.2) is 9.84 Å². The van der Waals surface area contributed by atoms with Crippen molar-refractivity contribution in [2.75, 3.05) is 18.1 Å². The highest BCUT2D eigenvalue weighted by atomic mass is 32.2. The monoisotopic (exact) mass is 393 g/mol. The lowest BCUT2D eigenvalue weighted by Crippen LogP contribution is -2.47. The number of benzene rings is 2. The zero-order valence-corrected chi connectivity index (χ0v) is 15.8. The number of amides is 1. The molecule has 0 fully saturated rings. The fraction of sp³-hybridized carbons (Fsp3) is 0.368. The Morgan fingerprint density at radius 3 is 2.41 bits per heavy atom. The highest BCUT2D eigenvalue weighted by Gasteiger charge is 2.29. The van der Waals surface area contributed by atoms with Gasteiger partial charge in [-0.15, -0.1) is 0 Å². The highest BCUT2D eigenvalue weighted by molar-refractivity contribution is 7.91. The Labute approximate surface area is 157 Å². The van der Waals surface area contributed by atoms with Crippen LogP contribution >= 0.6 is 0 Å². The zero-order chi connectivity index (χ0) is 20.0. The lowest BCUT2D eigenvalue weighted by Gasteiger charge is -2.20. The first-order valence-corrected chi connectivity index (χ1v) is 10.4. The predicted molar refractivity (Wildman–Crippen MR) is 102 cm³/mol. The second kappa shape index (κ2) is 8.96. The average molecular weight is 393 g/mol. The van der Waals surface area contributed by atoms with Crippen molar-refractivity contribution in [2.45, 2.75) is 19.4 Å². The molecule has 0 spiro atoms. The number of carbonyl (C=O) groups is 2. The molecule has 8 heteroatoms. The van der Waals surface area contributed by atoms with Gasteiger partial charge in [-0.1, -0.05) is 49.4 Å². The molecule has 2 atom stereocenters. The quantitative estimate of drug-likeness (QED) is 0.584. The van der Waals surface area contributed by atoms with Crippen molar-refractivity contribution in [2.24, 2.45) is 5.92 Å². The predicted octanol–water partition coefficient (Wildman–Crippen LogP) is 0.995. The van der Waals surface area contributed by atoms with E-state index in [4.69, 9.17) is 10.2 Å². The van der Waals surface area contributed by atoms with Gasteiger partial charge in [0.1, 0.15) is 6.04 Å². The lowest BCUT2D eigenvalue weighted by molar-refractivity contribution is -0.143. The van der Waals surface area contributed by atoms with E-state index in [0.717, 1.165) is 16.3 Å². The lowest BCUT2D eigenvalue weighted by atomic mass is 9.95. The molecule has 2 rings (SSSR count). The maximum Gasteiger partial charge on any atom is 0.328 e. The van der Waals surface area contributed by atoms with Gasteiger partial charge in [0.2, 0.25) is 5.91 Å². The van der Waals surface area contributed by atoms with E-state index in [2.05, 4.69) is 5.32 Å². The summed E-state index contributed by atoms with van der Waals surface area (Å²) in [5.41, 5.74) is 0.801. The molecule has 3 N–H and O–H groups in total. The third-order valence-corrected chi connectivity index (χ3v) is 6.20. The largest absolute Gasteiger partial charge is 0.480 e. The molecule has 0 saturated heterocycles. The Kier molecular flexibility index (Phi) is 6.92. The van der Waals surface area contributed by atoms with Gasteiger partial charge >= 0.3 is 5.97 Å². The number of carbonyl (C=O) groups excluding carboxylic acids is 1. The summed E-state index contributed by atoms with van der Waals surface area (Å²) >= 11 is 0. The molecule has 7 nitrogen and oxygen atoms in total. The molecule has 0 aromatic heterocycles. The number of sulfone groups is 1. The van der Waals surface area contributed by atoms with E-state index >= 15 is 0 Å². The fourth-order valence-corrected chi connectivity index (χ4v) is 3.98. The summed E-state index contributed by atoms with van der Waals surface area (Å²) in [6.07, 6.45) is 0.143. The molecule has 0 unspecified atom stereocenters.